The van der Waals surface area contributed by atoms with Crippen LogP contribution in [0.1, 0.15) is 49.3 Å². The molecule has 1 aromatic heterocycles. The molecule has 2 aromatic carbocycles. The zero-order valence-electron chi connectivity index (χ0n) is 19.7. The van der Waals surface area contributed by atoms with E-state index in [-0.39, 0.29) is 29.3 Å². The Hall–Kier alpha value is -3.17. The van der Waals surface area contributed by atoms with E-state index in [0.717, 1.165) is 24.8 Å². The second-order valence-corrected chi connectivity index (χ2v) is 10.6. The normalized spacial score (nSPS) is 14.8. The van der Waals surface area contributed by atoms with Gasteiger partial charge < -0.3 is 14.3 Å². The Bertz CT molecular complexity index is 1370. The lowest BCUT2D eigenvalue weighted by molar-refractivity contribution is -0.144. The second kappa shape index (κ2) is 10.6. The third kappa shape index (κ3) is 5.74. The van der Waals surface area contributed by atoms with Gasteiger partial charge in [-0.3, -0.25) is 4.79 Å². The van der Waals surface area contributed by atoms with Crippen molar-refractivity contribution in [3.63, 3.8) is 0 Å². The summed E-state index contributed by atoms with van der Waals surface area (Å²) in [4.78, 5) is 24.5. The minimum absolute atomic E-state index is 0.0482. The third-order valence-corrected chi connectivity index (χ3v) is 8.21. The van der Waals surface area contributed by atoms with Gasteiger partial charge in [0.25, 0.3) is 0 Å². The van der Waals surface area contributed by atoms with Crippen molar-refractivity contribution in [1.29, 1.82) is 0 Å². The first-order valence-electron chi connectivity index (χ1n) is 11.8. The van der Waals surface area contributed by atoms with Crippen molar-refractivity contribution < 1.29 is 27.5 Å². The molecule has 1 aliphatic heterocycles. The topological polar surface area (TPSA) is 114 Å². The fraction of sp³-hybridized carbons (Fsp3) is 0.385. The molecule has 1 fully saturated rings. The fourth-order valence-electron chi connectivity index (χ4n) is 4.27. The van der Waals surface area contributed by atoms with Gasteiger partial charge >= 0.3 is 11.6 Å². The van der Waals surface area contributed by atoms with Crippen LogP contribution < -0.4 is 5.63 Å². The summed E-state index contributed by atoms with van der Waals surface area (Å²) in [7, 11) is -3.49. The van der Waals surface area contributed by atoms with E-state index in [1.54, 1.807) is 30.3 Å². The maximum Gasteiger partial charge on any atom is 0.336 e. The number of phenolic OH excluding ortho intramolecular Hbond substituents is 1. The maximum absolute atomic E-state index is 12.8. The monoisotopic (exact) mass is 499 g/mol. The molecule has 8 nitrogen and oxygen atoms in total. The number of carbonyl (C=O) groups is 1. The van der Waals surface area contributed by atoms with Gasteiger partial charge in [0.15, 0.2) is 0 Å². The average Bonchev–Trinajstić information content (AvgIpc) is 2.86. The van der Waals surface area contributed by atoms with E-state index in [0.29, 0.717) is 42.4 Å². The van der Waals surface area contributed by atoms with Crippen molar-refractivity contribution >= 4 is 27.0 Å². The molecular formula is C26H29NO7S. The van der Waals surface area contributed by atoms with Crippen LogP contribution >= 0.6 is 0 Å². The fourth-order valence-corrected chi connectivity index (χ4v) is 5.79. The molecule has 0 saturated carbocycles. The molecule has 186 valence electrons. The molecule has 1 N–H and O–H groups in total. The molecule has 0 spiro atoms. The average molecular weight is 500 g/mol. The molecule has 0 radical (unpaired) electrons. The number of carbonyl (C=O) groups excluding carboxylic acids is 1. The second-order valence-electron chi connectivity index (χ2n) is 8.69. The minimum atomic E-state index is -3.49. The van der Waals surface area contributed by atoms with E-state index in [1.807, 2.05) is 6.92 Å². The summed E-state index contributed by atoms with van der Waals surface area (Å²) in [5, 5.41) is 10.6. The molecule has 2 heterocycles. The molecule has 1 saturated heterocycles. The number of sulfonamides is 1. The first-order valence-corrected chi connectivity index (χ1v) is 13.3. The minimum Gasteiger partial charge on any atom is -0.508 e. The van der Waals surface area contributed by atoms with Crippen LogP contribution in [0.2, 0.25) is 0 Å². The number of piperidine rings is 1. The summed E-state index contributed by atoms with van der Waals surface area (Å²) in [5.41, 5.74) is 1.68. The lowest BCUT2D eigenvalue weighted by Crippen LogP contribution is -2.35. The Kier molecular flexibility index (Phi) is 7.57. The Morgan fingerprint density at radius 3 is 2.46 bits per heavy atom. The first kappa shape index (κ1) is 24.9. The van der Waals surface area contributed by atoms with Gasteiger partial charge in [0.1, 0.15) is 17.9 Å². The van der Waals surface area contributed by atoms with Crippen LogP contribution in [0.15, 0.2) is 56.6 Å². The van der Waals surface area contributed by atoms with E-state index in [4.69, 9.17) is 9.15 Å². The van der Waals surface area contributed by atoms with Gasteiger partial charge in [0.05, 0.1) is 4.90 Å². The molecule has 9 heteroatoms. The number of fused-ring (bicyclic) bond motifs is 1. The molecule has 3 aromatic rings. The van der Waals surface area contributed by atoms with Gasteiger partial charge in [-0.25, -0.2) is 13.2 Å². The van der Waals surface area contributed by atoms with E-state index in [2.05, 4.69) is 0 Å². The van der Waals surface area contributed by atoms with Crippen LogP contribution in [0.3, 0.4) is 0 Å². The lowest BCUT2D eigenvalue weighted by atomic mass is 10.0. The van der Waals surface area contributed by atoms with Crippen LogP contribution in [-0.4, -0.2) is 36.9 Å². The summed E-state index contributed by atoms with van der Waals surface area (Å²) in [6.07, 6.45) is 3.92. The van der Waals surface area contributed by atoms with Gasteiger partial charge in [-0.2, -0.15) is 4.31 Å². The summed E-state index contributed by atoms with van der Waals surface area (Å²) < 4.78 is 37.6. The van der Waals surface area contributed by atoms with E-state index < -0.39 is 21.6 Å². The molecule has 35 heavy (non-hydrogen) atoms. The van der Waals surface area contributed by atoms with Gasteiger partial charge in [-0.05, 0) is 55.0 Å². The molecule has 0 unspecified atom stereocenters. The summed E-state index contributed by atoms with van der Waals surface area (Å²) in [6, 6.07) is 11.0. The zero-order chi connectivity index (χ0) is 25.0. The Labute approximate surface area is 204 Å². The Balaban J connectivity index is 1.37. The van der Waals surface area contributed by atoms with Crippen molar-refractivity contribution in [2.24, 2.45) is 0 Å². The number of esters is 1. The van der Waals surface area contributed by atoms with Crippen molar-refractivity contribution in [2.45, 2.75) is 57.0 Å². The summed E-state index contributed by atoms with van der Waals surface area (Å²) in [6.45, 7) is 2.90. The molecule has 1 aliphatic rings. The molecule has 0 amide bonds. The first-order chi connectivity index (χ1) is 16.8. The number of nitrogens with zero attached hydrogens (tertiary/aromatic N) is 1. The quantitative estimate of drug-likeness (QED) is 0.369. The van der Waals surface area contributed by atoms with E-state index in [1.165, 1.54) is 16.4 Å². The maximum atomic E-state index is 12.8. The van der Waals surface area contributed by atoms with E-state index >= 15 is 0 Å². The molecular weight excluding hydrogens is 470 g/mol. The predicted molar refractivity (Wildman–Crippen MR) is 131 cm³/mol. The number of phenols is 1. The molecule has 0 atom stereocenters. The number of hydrogen-bond acceptors (Lipinski definition) is 7. The molecule has 4 rings (SSSR count). The number of aryl methyl sites for hydroxylation is 2. The van der Waals surface area contributed by atoms with Crippen LogP contribution in [0.5, 0.6) is 5.75 Å². The Morgan fingerprint density at radius 2 is 1.77 bits per heavy atom. The van der Waals surface area contributed by atoms with Gasteiger partial charge in [-0.15, -0.1) is 0 Å². The lowest BCUT2D eigenvalue weighted by Gasteiger charge is -2.25. The summed E-state index contributed by atoms with van der Waals surface area (Å²) in [5.74, 6) is -0.391. The highest BCUT2D eigenvalue weighted by Gasteiger charge is 2.25. The number of hydrogen-bond donors (Lipinski definition) is 1. The highest BCUT2D eigenvalue weighted by atomic mass is 32.2. The van der Waals surface area contributed by atoms with Gasteiger partial charge in [0, 0.05) is 42.6 Å². The zero-order valence-corrected chi connectivity index (χ0v) is 20.5. The van der Waals surface area contributed by atoms with Crippen LogP contribution in [0.4, 0.5) is 0 Å². The SMILES string of the molecule is CCc1cc2c(COC(=O)CCc3ccc(S(=O)(=O)N4CCCCC4)cc3)cc(=O)oc2cc1O. The highest BCUT2D eigenvalue weighted by molar-refractivity contribution is 7.89. The summed E-state index contributed by atoms with van der Waals surface area (Å²) >= 11 is 0. The van der Waals surface area contributed by atoms with Crippen molar-refractivity contribution in [1.82, 2.24) is 4.31 Å². The van der Waals surface area contributed by atoms with E-state index in [9.17, 15) is 23.1 Å². The standard InChI is InChI=1S/C26H29NO7S/c1-2-19-14-22-20(15-26(30)34-24(22)16-23(19)28)17-33-25(29)11-8-18-6-9-21(10-7-18)35(31,32)27-12-4-3-5-13-27/h6-7,9-10,14-16,28H,2-5,8,11-13,17H2,1H3. The predicted octanol–water partition coefficient (Wildman–Crippen LogP) is 3.91. The highest BCUT2D eigenvalue weighted by Crippen LogP contribution is 2.27. The van der Waals surface area contributed by atoms with Crippen molar-refractivity contribution in [3.05, 3.63) is 69.6 Å². The van der Waals surface area contributed by atoms with Crippen molar-refractivity contribution in [3.8, 4) is 5.75 Å². The number of rotatable bonds is 8. The third-order valence-electron chi connectivity index (χ3n) is 6.29. The van der Waals surface area contributed by atoms with Crippen molar-refractivity contribution in [2.75, 3.05) is 13.1 Å². The Morgan fingerprint density at radius 1 is 1.06 bits per heavy atom. The number of aromatic hydroxyl groups is 1. The van der Waals surface area contributed by atoms with Gasteiger partial charge in [0.2, 0.25) is 10.0 Å². The molecule has 0 bridgehead atoms. The largest absolute Gasteiger partial charge is 0.508 e. The number of benzene rings is 2. The smallest absolute Gasteiger partial charge is 0.336 e. The number of ether oxygens (including phenoxy) is 1. The van der Waals surface area contributed by atoms with Crippen LogP contribution in [0.25, 0.3) is 11.0 Å². The van der Waals surface area contributed by atoms with Crippen LogP contribution in [-0.2, 0) is 39.0 Å². The van der Waals surface area contributed by atoms with Gasteiger partial charge in [-0.1, -0.05) is 25.5 Å². The van der Waals surface area contributed by atoms with Crippen LogP contribution in [0, 0.1) is 0 Å². The molecule has 0 aliphatic carbocycles.